The minimum atomic E-state index is -2.83. The van der Waals surface area contributed by atoms with Gasteiger partial charge >= 0.3 is 0 Å². The van der Waals surface area contributed by atoms with Crippen molar-refractivity contribution >= 4 is 56.4 Å². The van der Waals surface area contributed by atoms with E-state index in [4.69, 9.17) is 0 Å². The van der Waals surface area contributed by atoms with Crippen molar-refractivity contribution in [2.75, 3.05) is 56.2 Å². The molecule has 11 heteroatoms. The molecule has 1 unspecified atom stereocenters. The Morgan fingerprint density at radius 1 is 1.35 bits per heavy atom. The number of nitrogens with one attached hydrogen (secondary N) is 1. The summed E-state index contributed by atoms with van der Waals surface area (Å²) in [6.45, 7) is 6.23. The maximum atomic E-state index is 11.6. The second-order valence-corrected chi connectivity index (χ2v) is 9.48. The standard InChI is InChI=1S/C15H26N6O2S2.HI/c1-3-13-18-15(24-19-13)21-7-5-20(6-8-21)14(16-2)17-10-12-4-9-25(22,23)11-12;/h12H,3-11H2,1-2H3,(H,16,17);1H. The molecule has 26 heavy (non-hydrogen) atoms. The maximum Gasteiger partial charge on any atom is 0.205 e. The van der Waals surface area contributed by atoms with Crippen LogP contribution in [0.5, 0.6) is 0 Å². The van der Waals surface area contributed by atoms with Crippen LogP contribution in [0, 0.1) is 5.92 Å². The smallest absolute Gasteiger partial charge is 0.205 e. The highest BCUT2D eigenvalue weighted by Gasteiger charge is 2.28. The van der Waals surface area contributed by atoms with E-state index in [1.807, 2.05) is 0 Å². The number of nitrogens with zero attached hydrogens (tertiary/aromatic N) is 5. The molecule has 0 amide bonds. The normalized spacial score (nSPS) is 23.0. The lowest BCUT2D eigenvalue weighted by molar-refractivity contribution is 0.369. The third-order valence-corrected chi connectivity index (χ3v) is 7.36. The van der Waals surface area contributed by atoms with Crippen molar-refractivity contribution in [2.45, 2.75) is 19.8 Å². The van der Waals surface area contributed by atoms with E-state index in [1.54, 1.807) is 7.05 Å². The zero-order chi connectivity index (χ0) is 17.9. The third kappa shape index (κ3) is 5.41. The molecule has 148 valence electrons. The summed E-state index contributed by atoms with van der Waals surface area (Å²) < 4.78 is 27.5. The van der Waals surface area contributed by atoms with E-state index >= 15 is 0 Å². The van der Waals surface area contributed by atoms with Crippen molar-refractivity contribution in [1.29, 1.82) is 0 Å². The summed E-state index contributed by atoms with van der Waals surface area (Å²) in [5.74, 6) is 2.57. The number of rotatable bonds is 4. The Balaban J connectivity index is 0.00000243. The molecule has 8 nitrogen and oxygen atoms in total. The van der Waals surface area contributed by atoms with Crippen molar-refractivity contribution < 1.29 is 8.42 Å². The van der Waals surface area contributed by atoms with E-state index in [-0.39, 0.29) is 29.9 Å². The van der Waals surface area contributed by atoms with E-state index in [2.05, 4.69) is 36.4 Å². The summed E-state index contributed by atoms with van der Waals surface area (Å²) in [6.07, 6.45) is 1.61. The molecule has 1 atom stereocenters. The molecule has 1 aromatic rings. The molecule has 0 bridgehead atoms. The predicted molar refractivity (Wildman–Crippen MR) is 117 cm³/mol. The lowest BCUT2D eigenvalue weighted by Crippen LogP contribution is -2.53. The largest absolute Gasteiger partial charge is 0.356 e. The van der Waals surface area contributed by atoms with E-state index in [9.17, 15) is 8.42 Å². The maximum absolute atomic E-state index is 11.6. The lowest BCUT2D eigenvalue weighted by atomic mass is 10.1. The van der Waals surface area contributed by atoms with Crippen LogP contribution in [0.4, 0.5) is 5.13 Å². The van der Waals surface area contributed by atoms with Crippen LogP contribution in [0.1, 0.15) is 19.2 Å². The number of aryl methyl sites for hydroxylation is 1. The van der Waals surface area contributed by atoms with Gasteiger partial charge in [0, 0.05) is 57.7 Å². The Labute approximate surface area is 176 Å². The average molecular weight is 514 g/mol. The van der Waals surface area contributed by atoms with Crippen molar-refractivity contribution in [1.82, 2.24) is 19.6 Å². The monoisotopic (exact) mass is 514 g/mol. The highest BCUT2D eigenvalue weighted by Crippen LogP contribution is 2.20. The van der Waals surface area contributed by atoms with Crippen molar-refractivity contribution in [2.24, 2.45) is 10.9 Å². The van der Waals surface area contributed by atoms with E-state index in [0.29, 0.717) is 18.1 Å². The first-order valence-electron chi connectivity index (χ1n) is 8.74. The topological polar surface area (TPSA) is 90.8 Å². The van der Waals surface area contributed by atoms with Crippen molar-refractivity contribution in [3.05, 3.63) is 5.82 Å². The van der Waals surface area contributed by atoms with E-state index in [1.165, 1.54) is 11.5 Å². The molecule has 2 fully saturated rings. The van der Waals surface area contributed by atoms with E-state index in [0.717, 1.165) is 55.9 Å². The Hall–Kier alpha value is -0.690. The molecule has 2 aliphatic rings. The van der Waals surface area contributed by atoms with Gasteiger partial charge in [0.2, 0.25) is 5.13 Å². The van der Waals surface area contributed by atoms with Gasteiger partial charge in [0.1, 0.15) is 5.82 Å². The Bertz CT molecular complexity index is 715. The number of halogens is 1. The van der Waals surface area contributed by atoms with Gasteiger partial charge in [-0.15, -0.1) is 24.0 Å². The van der Waals surface area contributed by atoms with Gasteiger partial charge in [-0.1, -0.05) is 6.92 Å². The van der Waals surface area contributed by atoms with Crippen molar-refractivity contribution in [3.63, 3.8) is 0 Å². The number of aromatic nitrogens is 2. The quantitative estimate of drug-likeness (QED) is 0.362. The number of piperazine rings is 1. The van der Waals surface area contributed by atoms with Gasteiger partial charge < -0.3 is 15.1 Å². The second-order valence-electron chi connectivity index (χ2n) is 6.52. The molecule has 2 saturated heterocycles. The van der Waals surface area contributed by atoms with Gasteiger partial charge in [-0.05, 0) is 12.3 Å². The zero-order valence-corrected chi connectivity index (χ0v) is 19.2. The summed E-state index contributed by atoms with van der Waals surface area (Å²) in [5, 5.41) is 4.35. The minimum Gasteiger partial charge on any atom is -0.356 e. The van der Waals surface area contributed by atoms with Gasteiger partial charge in [0.05, 0.1) is 11.5 Å². The molecule has 0 saturated carbocycles. The fourth-order valence-electron chi connectivity index (χ4n) is 3.23. The summed E-state index contributed by atoms with van der Waals surface area (Å²) in [6, 6.07) is 0. The molecule has 0 radical (unpaired) electrons. The number of hydrogen-bond donors (Lipinski definition) is 1. The summed E-state index contributed by atoms with van der Waals surface area (Å²) in [5.41, 5.74) is 0. The summed E-state index contributed by atoms with van der Waals surface area (Å²) >= 11 is 1.47. The van der Waals surface area contributed by atoms with Gasteiger partial charge in [0.25, 0.3) is 0 Å². The molecule has 2 aliphatic heterocycles. The molecular formula is C15H27IN6O2S2. The Morgan fingerprint density at radius 3 is 2.62 bits per heavy atom. The molecular weight excluding hydrogens is 487 g/mol. The summed E-state index contributed by atoms with van der Waals surface area (Å²) in [7, 11) is -1.05. The lowest BCUT2D eigenvalue weighted by Gasteiger charge is -2.36. The molecule has 1 aromatic heterocycles. The van der Waals surface area contributed by atoms with Crippen LogP contribution in [-0.2, 0) is 16.3 Å². The first-order valence-corrected chi connectivity index (χ1v) is 11.3. The molecule has 0 aliphatic carbocycles. The molecule has 1 N–H and O–H groups in total. The van der Waals surface area contributed by atoms with Crippen LogP contribution in [0.15, 0.2) is 4.99 Å². The zero-order valence-electron chi connectivity index (χ0n) is 15.2. The van der Waals surface area contributed by atoms with Gasteiger partial charge in [0.15, 0.2) is 15.8 Å². The van der Waals surface area contributed by atoms with Gasteiger partial charge in [-0.2, -0.15) is 4.37 Å². The molecule has 3 heterocycles. The summed E-state index contributed by atoms with van der Waals surface area (Å²) in [4.78, 5) is 13.4. The first kappa shape index (κ1) is 21.6. The van der Waals surface area contributed by atoms with Crippen molar-refractivity contribution in [3.8, 4) is 0 Å². The van der Waals surface area contributed by atoms with Crippen LogP contribution < -0.4 is 10.2 Å². The number of sulfone groups is 1. The first-order chi connectivity index (χ1) is 12.0. The SMILES string of the molecule is CCc1nsc(N2CCN(C(=NC)NCC3CCS(=O)(=O)C3)CC2)n1.I. The Morgan fingerprint density at radius 2 is 2.08 bits per heavy atom. The average Bonchev–Trinajstić information content (AvgIpc) is 3.22. The van der Waals surface area contributed by atoms with Gasteiger partial charge in [-0.3, -0.25) is 4.99 Å². The van der Waals surface area contributed by atoms with Crippen LogP contribution in [0.25, 0.3) is 0 Å². The molecule has 0 spiro atoms. The van der Waals surface area contributed by atoms with Crippen LogP contribution in [0.3, 0.4) is 0 Å². The number of hydrogen-bond acceptors (Lipinski definition) is 7. The number of anilines is 1. The molecule has 0 aromatic carbocycles. The van der Waals surface area contributed by atoms with Crippen LogP contribution in [-0.4, -0.2) is 79.9 Å². The predicted octanol–water partition coefficient (Wildman–Crippen LogP) is 0.851. The second kappa shape index (κ2) is 9.49. The fraction of sp³-hybridized carbons (Fsp3) is 0.800. The molecule has 3 rings (SSSR count). The van der Waals surface area contributed by atoms with E-state index < -0.39 is 9.84 Å². The van der Waals surface area contributed by atoms with Gasteiger partial charge in [-0.25, -0.2) is 13.4 Å². The number of guanidine groups is 1. The highest BCUT2D eigenvalue weighted by molar-refractivity contribution is 14.0. The third-order valence-electron chi connectivity index (χ3n) is 4.71. The Kier molecular flexibility index (Phi) is 7.89. The minimum absolute atomic E-state index is 0. The van der Waals surface area contributed by atoms with Crippen LogP contribution in [0.2, 0.25) is 0 Å². The fourth-order valence-corrected chi connectivity index (χ4v) is 5.89. The van der Waals surface area contributed by atoms with Crippen LogP contribution >= 0.6 is 35.5 Å². The highest BCUT2D eigenvalue weighted by atomic mass is 127. The number of aliphatic imine (C=N–C) groups is 1.